The lowest BCUT2D eigenvalue weighted by molar-refractivity contribution is 0.261. The van der Waals surface area contributed by atoms with Crippen LogP contribution in [-0.2, 0) is 6.54 Å². The molecule has 5 nitrogen and oxygen atoms in total. The number of rotatable bonds is 19. The molecule has 0 fully saturated rings. The maximum absolute atomic E-state index is 6.01. The largest absolute Gasteiger partial charge is 0.492 e. The van der Waals surface area contributed by atoms with Crippen LogP contribution in [0, 0.1) is 0 Å². The van der Waals surface area contributed by atoms with E-state index in [-0.39, 0.29) is 0 Å². The molecule has 0 spiro atoms. The summed E-state index contributed by atoms with van der Waals surface area (Å²) in [4.78, 5) is 2.13. The van der Waals surface area contributed by atoms with Crippen molar-refractivity contribution in [2.75, 3.05) is 33.4 Å². The Morgan fingerprint density at radius 2 is 1.19 bits per heavy atom. The molecule has 1 aromatic heterocycles. The first-order valence-electron chi connectivity index (χ1n) is 17.2. The molecule has 0 radical (unpaired) electrons. The highest BCUT2D eigenvalue weighted by molar-refractivity contribution is 7.47. The van der Waals surface area contributed by atoms with E-state index in [0.29, 0.717) is 15.2 Å². The lowest BCUT2D eigenvalue weighted by Gasteiger charge is -2.17. The highest BCUT2D eigenvalue weighted by Crippen LogP contribution is 2.36. The van der Waals surface area contributed by atoms with Gasteiger partial charge in [0, 0.05) is 27.2 Å². The molecule has 1 atom stereocenters. The van der Waals surface area contributed by atoms with Gasteiger partial charge in [-0.25, -0.2) is 0 Å². The number of ether oxygens (including phenoxy) is 1. The molecule has 1 heterocycles. The van der Waals surface area contributed by atoms with E-state index in [9.17, 15) is 0 Å². The number of unbranched alkanes of at least 4 members (excludes halogenated alkanes) is 6. The number of likely N-dealkylation sites (N-methyl/N-ethyl adjacent to an activating group) is 1. The molecule has 0 saturated heterocycles. The van der Waals surface area contributed by atoms with Gasteiger partial charge in [0.15, 0.2) is 0 Å². The van der Waals surface area contributed by atoms with Gasteiger partial charge in [0.2, 0.25) is 0 Å². The molecule has 4 aromatic carbocycles. The molecule has 0 N–H and O–H groups in total. The molecule has 6 heteroatoms. The Balaban J connectivity index is 1.23. The maximum Gasteiger partial charge on any atom is 0.119 e. The summed E-state index contributed by atoms with van der Waals surface area (Å²) in [5.41, 5.74) is 6.48. The van der Waals surface area contributed by atoms with Gasteiger partial charge in [-0.1, -0.05) is 122 Å². The fourth-order valence-corrected chi connectivity index (χ4v) is 7.15. The first-order valence-corrected chi connectivity index (χ1v) is 18.6. The smallest absolute Gasteiger partial charge is 0.119 e. The quantitative estimate of drug-likeness (QED) is 0.0512. The van der Waals surface area contributed by atoms with Crippen LogP contribution in [0.5, 0.6) is 5.75 Å². The zero-order chi connectivity index (χ0) is 32.5. The van der Waals surface area contributed by atoms with Crippen LogP contribution in [-0.4, -0.2) is 53.3 Å². The minimum Gasteiger partial charge on any atom is -0.492 e. The van der Waals surface area contributed by atoms with Gasteiger partial charge in [-0.2, -0.15) is 0 Å². The van der Waals surface area contributed by atoms with Crippen molar-refractivity contribution < 1.29 is 4.74 Å². The fraction of sp³-hybridized carbons (Fsp3) is 0.317. The molecule has 1 unspecified atom stereocenters. The second-order valence-electron chi connectivity index (χ2n) is 12.4. The van der Waals surface area contributed by atoms with Gasteiger partial charge in [0.1, 0.15) is 18.1 Å². The molecule has 0 bridgehead atoms. The Morgan fingerprint density at radius 1 is 0.638 bits per heavy atom. The Labute approximate surface area is 283 Å². The summed E-state index contributed by atoms with van der Waals surface area (Å²) in [6.07, 6.45) is 12.5. The number of hydrogen-bond donors (Lipinski definition) is 0. The predicted molar refractivity (Wildman–Crippen MR) is 201 cm³/mol. The predicted octanol–water partition coefficient (Wildman–Crippen LogP) is 8.69. The molecular formula is C41H50N4OP+. The van der Waals surface area contributed by atoms with Crippen LogP contribution in [0.15, 0.2) is 121 Å². The van der Waals surface area contributed by atoms with Crippen LogP contribution in [0.1, 0.15) is 67.3 Å². The van der Waals surface area contributed by atoms with E-state index in [0.717, 1.165) is 58.8 Å². The standard InChI is InChI=1S/C41H49N4OP/c1-44(2)30-31-46-37-27-25-36(26-28-37)40(34-19-11-8-12-20-34)41(35-21-13-9-14-22-35)39-33-45(43-42-39)29-17-6-4-3-5-7-18-32-47-38-23-15-10-16-24-38/h8-16,19-28,33,47H,3-7,17-18,29-32H2,1-2H3/p+1/b41-40+. The van der Waals surface area contributed by atoms with E-state index in [1.165, 1.54) is 44.7 Å². The Kier molecular flexibility index (Phi) is 13.8. The lowest BCUT2D eigenvalue weighted by atomic mass is 9.88. The van der Waals surface area contributed by atoms with E-state index >= 15 is 0 Å². The third-order valence-electron chi connectivity index (χ3n) is 8.39. The Hall–Kier alpha value is -4.05. The number of benzene rings is 4. The molecule has 5 rings (SSSR count). The van der Waals surface area contributed by atoms with Gasteiger partial charge in [-0.05, 0) is 79.9 Å². The normalized spacial score (nSPS) is 12.1. The summed E-state index contributed by atoms with van der Waals surface area (Å²) < 4.78 is 8.03. The van der Waals surface area contributed by atoms with Gasteiger partial charge in [-0.3, -0.25) is 4.68 Å². The number of aryl methyl sites for hydroxylation is 1. The molecule has 0 aliphatic carbocycles. The van der Waals surface area contributed by atoms with E-state index in [2.05, 4.69) is 146 Å². The zero-order valence-corrected chi connectivity index (χ0v) is 29.3. The van der Waals surface area contributed by atoms with Crippen LogP contribution >= 0.6 is 8.58 Å². The molecule has 244 valence electrons. The maximum atomic E-state index is 6.01. The lowest BCUT2D eigenvalue weighted by Crippen LogP contribution is -2.19. The molecule has 47 heavy (non-hydrogen) atoms. The van der Waals surface area contributed by atoms with Crippen molar-refractivity contribution in [1.82, 2.24) is 19.9 Å². The number of aromatic nitrogens is 3. The first kappa shape index (κ1) is 34.3. The van der Waals surface area contributed by atoms with Crippen molar-refractivity contribution in [3.63, 3.8) is 0 Å². The Morgan fingerprint density at radius 3 is 1.83 bits per heavy atom. The van der Waals surface area contributed by atoms with E-state index in [1.54, 1.807) is 5.30 Å². The monoisotopic (exact) mass is 645 g/mol. The van der Waals surface area contributed by atoms with Crippen molar-refractivity contribution >= 4 is 25.0 Å². The second kappa shape index (κ2) is 18.9. The Bertz CT molecular complexity index is 1620. The average molecular weight is 646 g/mol. The van der Waals surface area contributed by atoms with Gasteiger partial charge in [0.05, 0.1) is 17.7 Å². The summed E-state index contributed by atoms with van der Waals surface area (Å²) >= 11 is 0. The van der Waals surface area contributed by atoms with Crippen LogP contribution in [0.25, 0.3) is 11.1 Å². The molecule has 5 aromatic rings. The van der Waals surface area contributed by atoms with Crippen LogP contribution < -0.4 is 10.0 Å². The van der Waals surface area contributed by atoms with Crippen molar-refractivity contribution in [1.29, 1.82) is 0 Å². The summed E-state index contributed by atoms with van der Waals surface area (Å²) in [5, 5.41) is 10.9. The van der Waals surface area contributed by atoms with E-state index in [4.69, 9.17) is 9.84 Å². The van der Waals surface area contributed by atoms with Crippen molar-refractivity contribution in [3.8, 4) is 5.75 Å². The highest BCUT2D eigenvalue weighted by Gasteiger charge is 2.19. The second-order valence-corrected chi connectivity index (χ2v) is 14.1. The topological polar surface area (TPSA) is 43.2 Å². The van der Waals surface area contributed by atoms with Crippen molar-refractivity contribution in [3.05, 3.63) is 144 Å². The summed E-state index contributed by atoms with van der Waals surface area (Å²) in [6, 6.07) is 40.6. The van der Waals surface area contributed by atoms with Crippen LogP contribution in [0.2, 0.25) is 0 Å². The zero-order valence-electron chi connectivity index (χ0n) is 28.1. The van der Waals surface area contributed by atoms with Gasteiger partial charge in [-0.15, -0.1) is 5.10 Å². The highest BCUT2D eigenvalue weighted by atomic mass is 31.1. The summed E-state index contributed by atoms with van der Waals surface area (Å²) in [6.45, 7) is 2.41. The molecular weight excluding hydrogens is 595 g/mol. The fourth-order valence-electron chi connectivity index (χ4n) is 5.83. The van der Waals surface area contributed by atoms with Crippen LogP contribution in [0.4, 0.5) is 0 Å². The molecule has 0 aliphatic rings. The van der Waals surface area contributed by atoms with Crippen LogP contribution in [0.3, 0.4) is 0 Å². The minimum absolute atomic E-state index is 0.433. The van der Waals surface area contributed by atoms with E-state index in [1.807, 2.05) is 4.68 Å². The molecule has 0 amide bonds. The van der Waals surface area contributed by atoms with Crippen molar-refractivity contribution in [2.45, 2.75) is 51.5 Å². The molecule has 0 aliphatic heterocycles. The average Bonchev–Trinajstić information content (AvgIpc) is 3.58. The first-order chi connectivity index (χ1) is 23.2. The van der Waals surface area contributed by atoms with Gasteiger partial charge in [0.25, 0.3) is 0 Å². The van der Waals surface area contributed by atoms with Gasteiger partial charge < -0.3 is 9.64 Å². The number of hydrogen-bond acceptors (Lipinski definition) is 4. The minimum atomic E-state index is 0.433. The third kappa shape index (κ3) is 11.0. The van der Waals surface area contributed by atoms with Gasteiger partial charge >= 0.3 is 0 Å². The summed E-state index contributed by atoms with van der Waals surface area (Å²) in [5.74, 6) is 0.874. The van der Waals surface area contributed by atoms with Crippen molar-refractivity contribution in [2.24, 2.45) is 0 Å². The SMILES string of the molecule is CN(C)CCOc1ccc(/C(=C(\c2ccccc2)c2cn(CCCCCCCCC[PH2+]c3ccccc3)nn2)c2ccccc2)cc1. The number of nitrogens with zero attached hydrogens (tertiary/aromatic N) is 4. The molecule has 0 saturated carbocycles. The third-order valence-corrected chi connectivity index (χ3v) is 9.94. The summed E-state index contributed by atoms with van der Waals surface area (Å²) in [7, 11) is 4.55. The van der Waals surface area contributed by atoms with E-state index < -0.39 is 0 Å².